The topological polar surface area (TPSA) is 402 Å². The number of nitrogens with zero attached hydrogens (tertiary/aromatic N) is 3. The molecule has 0 aliphatic carbocycles. The molecule has 26 heteroatoms. The normalized spacial score (nSPS) is 17.5. The Hall–Kier alpha value is -8.39. The third kappa shape index (κ3) is 17.6. The summed E-state index contributed by atoms with van der Waals surface area (Å²) in [4.78, 5) is 140. The first-order valence-electron chi connectivity index (χ1n) is 26.5. The number of aromatic amines is 2. The lowest BCUT2D eigenvalue weighted by atomic mass is 10.00. The van der Waals surface area contributed by atoms with Crippen LogP contribution in [0.4, 0.5) is 0 Å². The molecule has 2 fully saturated rings. The van der Waals surface area contributed by atoms with Crippen LogP contribution in [0.5, 0.6) is 5.75 Å². The molecular formula is C53H73N15O11. The largest absolute Gasteiger partial charge is 0.508 e. The van der Waals surface area contributed by atoms with Crippen LogP contribution in [0.2, 0.25) is 0 Å². The highest BCUT2D eigenvalue weighted by Crippen LogP contribution is 2.21. The number of para-hydroxylation sites is 1. The highest BCUT2D eigenvalue weighted by Gasteiger charge is 2.37. The summed E-state index contributed by atoms with van der Waals surface area (Å²) < 4.78 is 0. The second kappa shape index (κ2) is 28.8. The van der Waals surface area contributed by atoms with Crippen LogP contribution in [0.25, 0.3) is 10.9 Å². The first-order valence-corrected chi connectivity index (χ1v) is 26.5. The van der Waals surface area contributed by atoms with Gasteiger partial charge in [-0.2, -0.15) is 0 Å². The van der Waals surface area contributed by atoms with Crippen LogP contribution in [-0.2, 0) is 62.4 Å². The predicted octanol–water partition coefficient (Wildman–Crippen LogP) is -1.97. The van der Waals surface area contributed by atoms with Gasteiger partial charge in [0.2, 0.25) is 53.2 Å². The van der Waals surface area contributed by atoms with E-state index in [1.54, 1.807) is 32.2 Å². The maximum Gasteiger partial charge on any atom is 0.249 e. The number of hydrogen-bond donors (Lipinski definition) is 14. The van der Waals surface area contributed by atoms with Gasteiger partial charge in [-0.25, -0.2) is 4.98 Å². The lowest BCUT2D eigenvalue weighted by Gasteiger charge is -2.28. The number of carbonyl (C=O) groups is 9. The van der Waals surface area contributed by atoms with Crippen molar-refractivity contribution in [3.63, 3.8) is 0 Å². The monoisotopic (exact) mass is 1100 g/mol. The van der Waals surface area contributed by atoms with Gasteiger partial charge >= 0.3 is 0 Å². The van der Waals surface area contributed by atoms with Gasteiger partial charge in [-0.3, -0.25) is 58.4 Å². The molecule has 16 N–H and O–H groups in total. The summed E-state index contributed by atoms with van der Waals surface area (Å²) in [6, 6.07) is 3.01. The number of amides is 9. The van der Waals surface area contributed by atoms with Crippen LogP contribution >= 0.6 is 0 Å². The summed E-state index contributed by atoms with van der Waals surface area (Å²) >= 11 is 0. The Morgan fingerprint density at radius 2 is 1.39 bits per heavy atom. The van der Waals surface area contributed by atoms with E-state index in [2.05, 4.69) is 62.5 Å². The fourth-order valence-electron chi connectivity index (χ4n) is 9.54. The molecule has 426 valence electrons. The van der Waals surface area contributed by atoms with Gasteiger partial charge in [0.05, 0.1) is 19.0 Å². The number of carbonyl (C=O) groups excluding carboxylic acids is 9. The Labute approximate surface area is 456 Å². The number of likely N-dealkylation sites (tertiary alicyclic amines) is 1. The molecule has 2 aliphatic rings. The molecule has 2 aromatic heterocycles. The van der Waals surface area contributed by atoms with Crippen LogP contribution < -0.4 is 54.0 Å². The summed E-state index contributed by atoms with van der Waals surface area (Å²) in [6.07, 6.45) is 5.97. The Balaban J connectivity index is 1.22. The molecule has 9 amide bonds. The second-order valence-corrected chi connectivity index (χ2v) is 20.1. The smallest absolute Gasteiger partial charge is 0.249 e. The minimum absolute atomic E-state index is 0.00982. The molecule has 0 unspecified atom stereocenters. The number of rotatable bonds is 28. The van der Waals surface area contributed by atoms with E-state index < -0.39 is 102 Å². The van der Waals surface area contributed by atoms with Gasteiger partial charge in [0.15, 0.2) is 5.96 Å². The zero-order valence-corrected chi connectivity index (χ0v) is 44.5. The molecule has 0 saturated carbocycles. The summed E-state index contributed by atoms with van der Waals surface area (Å²) in [6.45, 7) is 5.92. The van der Waals surface area contributed by atoms with Crippen LogP contribution in [0.15, 0.2) is 72.2 Å². The molecule has 2 saturated heterocycles. The Morgan fingerprint density at radius 1 is 0.759 bits per heavy atom. The number of aliphatic imine (C=N–C) groups is 1. The molecule has 8 atom stereocenters. The predicted molar refractivity (Wildman–Crippen MR) is 289 cm³/mol. The standard InChI is InChI=1S/C53H73N15O11/c1-4-68-20-8-12-43(68)52(79)67-46(73)36(11-7-19-57-53(54)55)61-47(74)38(21-29(2)3)62-48(75)39(22-30-13-15-33(70)16-14-30)63-51(78)42(27-69)66-49(76)40(23-31-25-58-35-10-6-5-9-34(31)35)64-50(77)41(24-32-26-56-28-59-32)65-45(72)37-17-18-44(71)60-37/h5-6,9-10,13-16,25-26,28-29,36-43,58,69-70H,4,7-8,11-12,17-24,27H2,1-3H3,(H,56,59)(H,60,71)(H,61,74)(H,62,75)(H,63,78)(H,64,77)(H,65,72)(H,66,76)(H4,54,55,57)(H,67,73,79)/t36-,37-,38+,39-,40-,41-,42-,43-/m0/s1. The number of likely N-dealkylation sites (N-methyl/N-ethyl adjacent to an activating group) is 1. The third-order valence-corrected chi connectivity index (χ3v) is 13.7. The maximum absolute atomic E-state index is 14.5. The number of nitrogens with two attached hydrogens (primary N) is 2. The molecule has 4 heterocycles. The number of H-pyrrole nitrogens is 2. The summed E-state index contributed by atoms with van der Waals surface area (Å²) in [5.74, 6) is -7.11. The van der Waals surface area contributed by atoms with E-state index in [-0.39, 0.29) is 81.4 Å². The van der Waals surface area contributed by atoms with Crippen LogP contribution in [-0.4, -0.2) is 164 Å². The van der Waals surface area contributed by atoms with E-state index in [1.165, 1.54) is 36.8 Å². The molecule has 4 aromatic rings. The number of aromatic nitrogens is 3. The lowest BCUT2D eigenvalue weighted by Crippen LogP contribution is -2.61. The highest BCUT2D eigenvalue weighted by molar-refractivity contribution is 6.02. The fourth-order valence-corrected chi connectivity index (χ4v) is 9.54. The number of aromatic hydroxyl groups is 1. The highest BCUT2D eigenvalue weighted by atomic mass is 16.3. The van der Waals surface area contributed by atoms with E-state index >= 15 is 0 Å². The van der Waals surface area contributed by atoms with E-state index in [0.717, 1.165) is 17.3 Å². The second-order valence-electron chi connectivity index (χ2n) is 20.1. The molecular weight excluding hydrogens is 1020 g/mol. The number of phenols is 1. The van der Waals surface area contributed by atoms with Crippen molar-refractivity contribution in [1.29, 1.82) is 0 Å². The minimum Gasteiger partial charge on any atom is -0.508 e. The van der Waals surface area contributed by atoms with Crippen molar-refractivity contribution in [3.8, 4) is 5.75 Å². The van der Waals surface area contributed by atoms with Crippen molar-refractivity contribution < 1.29 is 53.4 Å². The molecule has 0 bridgehead atoms. The number of imide groups is 1. The van der Waals surface area contributed by atoms with Gasteiger partial charge in [0, 0.05) is 61.2 Å². The van der Waals surface area contributed by atoms with Crippen molar-refractivity contribution >= 4 is 70.0 Å². The van der Waals surface area contributed by atoms with Gasteiger partial charge in [-0.1, -0.05) is 51.1 Å². The summed E-state index contributed by atoms with van der Waals surface area (Å²) in [7, 11) is 0. The Bertz CT molecular complexity index is 2800. The third-order valence-electron chi connectivity index (χ3n) is 13.7. The number of guanidine groups is 1. The Morgan fingerprint density at radius 3 is 2.03 bits per heavy atom. The van der Waals surface area contributed by atoms with E-state index in [1.807, 2.05) is 24.0 Å². The number of nitrogens with one attached hydrogen (secondary N) is 10. The van der Waals surface area contributed by atoms with Gasteiger partial charge in [0.1, 0.15) is 48.0 Å². The van der Waals surface area contributed by atoms with Crippen molar-refractivity contribution in [3.05, 3.63) is 84.1 Å². The molecule has 2 aliphatic heterocycles. The number of imidazole rings is 1. The molecule has 6 rings (SSSR count). The Kier molecular flexibility index (Phi) is 21.8. The molecule has 0 radical (unpaired) electrons. The van der Waals surface area contributed by atoms with Crippen LogP contribution in [0.1, 0.15) is 82.5 Å². The number of benzene rings is 2. The first-order chi connectivity index (χ1) is 37.8. The van der Waals surface area contributed by atoms with Crippen molar-refractivity contribution in [2.45, 2.75) is 133 Å². The molecule has 79 heavy (non-hydrogen) atoms. The number of hydrogen-bond acceptors (Lipinski definition) is 14. The van der Waals surface area contributed by atoms with Gasteiger partial charge in [0.25, 0.3) is 0 Å². The van der Waals surface area contributed by atoms with Crippen molar-refractivity contribution in [2.24, 2.45) is 22.4 Å². The molecule has 26 nitrogen and oxygen atoms in total. The molecule has 0 spiro atoms. The lowest BCUT2D eigenvalue weighted by molar-refractivity contribution is -0.137. The SMILES string of the molecule is CCN1CCC[C@H]1C(=O)NC(=O)[C@H](CCCN=C(N)N)NC(=O)[C@@H](CC(C)C)NC(=O)[C@H](Cc1ccc(O)cc1)NC(=O)[C@H](CO)NC(=O)[C@H](Cc1c[nH]c2ccccc12)NC(=O)[C@H](Cc1cnc[nH]1)NC(=O)[C@@H]1CCC(=O)N1. The number of fused-ring (bicyclic) bond motifs is 1. The van der Waals surface area contributed by atoms with E-state index in [4.69, 9.17) is 11.5 Å². The minimum atomic E-state index is -1.74. The van der Waals surface area contributed by atoms with E-state index in [0.29, 0.717) is 36.3 Å². The van der Waals surface area contributed by atoms with Crippen LogP contribution in [0.3, 0.4) is 0 Å². The van der Waals surface area contributed by atoms with Crippen molar-refractivity contribution in [2.75, 3.05) is 26.2 Å². The summed E-state index contributed by atoms with van der Waals surface area (Å²) in [5, 5.41) is 42.4. The number of phenolic OH excluding ortho intramolecular Hbond substituents is 1. The number of aliphatic hydroxyl groups excluding tert-OH is 1. The van der Waals surface area contributed by atoms with E-state index in [9.17, 15) is 53.4 Å². The van der Waals surface area contributed by atoms with Gasteiger partial charge < -0.3 is 68.9 Å². The zero-order chi connectivity index (χ0) is 57.2. The maximum atomic E-state index is 14.5. The first kappa shape index (κ1) is 59.8. The fraction of sp³-hybridized carbons (Fsp3) is 0.491. The summed E-state index contributed by atoms with van der Waals surface area (Å²) in [5.41, 5.74) is 13.2. The average Bonchev–Trinajstić information content (AvgIpc) is 4.31. The van der Waals surface area contributed by atoms with Gasteiger partial charge in [-0.05, 0) is 86.9 Å². The molecule has 2 aromatic carbocycles. The van der Waals surface area contributed by atoms with Gasteiger partial charge in [-0.15, -0.1) is 0 Å². The zero-order valence-electron chi connectivity index (χ0n) is 44.5. The van der Waals surface area contributed by atoms with Crippen molar-refractivity contribution in [1.82, 2.24) is 62.4 Å². The number of aliphatic hydroxyl groups is 1. The quantitative estimate of drug-likeness (QED) is 0.0167. The van der Waals surface area contributed by atoms with Crippen LogP contribution in [0, 0.1) is 5.92 Å². The average molecular weight is 1100 g/mol.